The van der Waals surface area contributed by atoms with E-state index in [9.17, 15) is 14.4 Å². The zero-order valence-electron chi connectivity index (χ0n) is 8.75. The lowest BCUT2D eigenvalue weighted by Gasteiger charge is -2.06. The summed E-state index contributed by atoms with van der Waals surface area (Å²) in [6.07, 6.45) is 1.95. The summed E-state index contributed by atoms with van der Waals surface area (Å²) in [7, 11) is 0. The second-order valence-corrected chi connectivity index (χ2v) is 4.35. The Kier molecular flexibility index (Phi) is 3.25. The fourth-order valence-electron chi connectivity index (χ4n) is 1.67. The van der Waals surface area contributed by atoms with Crippen LogP contribution in [0.3, 0.4) is 0 Å². The van der Waals surface area contributed by atoms with Crippen molar-refractivity contribution in [2.24, 2.45) is 0 Å². The number of rotatable bonds is 4. The summed E-state index contributed by atoms with van der Waals surface area (Å²) in [5, 5.41) is 1.87. The van der Waals surface area contributed by atoms with Gasteiger partial charge in [-0.15, -0.1) is 11.3 Å². The van der Waals surface area contributed by atoms with Crippen LogP contribution >= 0.6 is 11.3 Å². The first-order chi connectivity index (χ1) is 8.30. The highest BCUT2D eigenvalue weighted by molar-refractivity contribution is 7.13. The van der Waals surface area contributed by atoms with Crippen molar-refractivity contribution in [1.82, 2.24) is 0 Å². The normalized spacial score (nSPS) is 9.88. The Bertz CT molecular complexity index is 541. The van der Waals surface area contributed by atoms with Gasteiger partial charge in [0.1, 0.15) is 6.29 Å². The third kappa shape index (κ3) is 2.07. The zero-order valence-corrected chi connectivity index (χ0v) is 9.57. The molecule has 0 N–H and O–H groups in total. The van der Waals surface area contributed by atoms with Crippen LogP contribution in [0, 0.1) is 0 Å². The highest BCUT2D eigenvalue weighted by Gasteiger charge is 2.12. The molecule has 0 unspecified atom stereocenters. The van der Waals surface area contributed by atoms with E-state index >= 15 is 0 Å². The number of carbonyl (C=O) groups excluding carboxylic acids is 3. The van der Waals surface area contributed by atoms with Crippen LogP contribution in [-0.2, 0) is 0 Å². The largest absolute Gasteiger partial charge is 0.298 e. The van der Waals surface area contributed by atoms with Crippen LogP contribution in [0.1, 0.15) is 31.1 Å². The lowest BCUT2D eigenvalue weighted by molar-refractivity contribution is 0.112. The van der Waals surface area contributed by atoms with E-state index in [4.69, 9.17) is 0 Å². The van der Waals surface area contributed by atoms with Gasteiger partial charge in [0.25, 0.3) is 0 Å². The Morgan fingerprint density at radius 2 is 1.59 bits per heavy atom. The van der Waals surface area contributed by atoms with Gasteiger partial charge in [0, 0.05) is 27.1 Å². The van der Waals surface area contributed by atoms with E-state index in [0.29, 0.717) is 41.1 Å². The van der Waals surface area contributed by atoms with Gasteiger partial charge in [-0.3, -0.25) is 14.4 Å². The highest BCUT2D eigenvalue weighted by atomic mass is 32.1. The molecule has 0 spiro atoms. The Morgan fingerprint density at radius 3 is 2.00 bits per heavy atom. The third-order valence-corrected chi connectivity index (χ3v) is 3.27. The van der Waals surface area contributed by atoms with E-state index < -0.39 is 0 Å². The number of hydrogen-bond donors (Lipinski definition) is 0. The van der Waals surface area contributed by atoms with E-state index in [1.54, 1.807) is 0 Å². The average Bonchev–Trinajstić information content (AvgIpc) is 2.90. The predicted molar refractivity (Wildman–Crippen MR) is 65.9 cm³/mol. The van der Waals surface area contributed by atoms with E-state index in [1.165, 1.54) is 23.5 Å². The van der Waals surface area contributed by atoms with Gasteiger partial charge >= 0.3 is 0 Å². The number of aldehydes is 3. The van der Waals surface area contributed by atoms with Crippen molar-refractivity contribution in [1.29, 1.82) is 0 Å². The minimum absolute atomic E-state index is 0.328. The first-order valence-corrected chi connectivity index (χ1v) is 5.75. The van der Waals surface area contributed by atoms with Crippen LogP contribution in [0.5, 0.6) is 0 Å². The van der Waals surface area contributed by atoms with Gasteiger partial charge in [-0.05, 0) is 23.6 Å². The molecule has 2 rings (SSSR count). The minimum atomic E-state index is 0.328. The van der Waals surface area contributed by atoms with Crippen LogP contribution in [-0.4, -0.2) is 18.9 Å². The molecule has 0 saturated heterocycles. The van der Waals surface area contributed by atoms with Crippen LogP contribution < -0.4 is 0 Å². The summed E-state index contributed by atoms with van der Waals surface area (Å²) in [6, 6.07) is 6.65. The highest BCUT2D eigenvalue weighted by Crippen LogP contribution is 2.30. The molecule has 1 aromatic heterocycles. The van der Waals surface area contributed by atoms with E-state index in [1.807, 2.05) is 17.5 Å². The zero-order chi connectivity index (χ0) is 12.3. The van der Waals surface area contributed by atoms with Crippen molar-refractivity contribution in [3.63, 3.8) is 0 Å². The molecule has 1 heterocycles. The Morgan fingerprint density at radius 1 is 0.941 bits per heavy atom. The molecular weight excluding hydrogens is 236 g/mol. The quantitative estimate of drug-likeness (QED) is 0.777. The molecule has 84 valence electrons. The maximum atomic E-state index is 11.0. The number of hydrogen-bond acceptors (Lipinski definition) is 4. The average molecular weight is 244 g/mol. The van der Waals surface area contributed by atoms with Crippen LogP contribution in [0.15, 0.2) is 29.6 Å². The maximum absolute atomic E-state index is 11.0. The monoisotopic (exact) mass is 244 g/mol. The molecule has 0 fully saturated rings. The van der Waals surface area contributed by atoms with Crippen LogP contribution in [0.25, 0.3) is 10.4 Å². The molecule has 0 radical (unpaired) electrons. The SMILES string of the molecule is O=Cc1cc(C=O)c(-c2cccs2)c(C=O)c1. The summed E-state index contributed by atoms with van der Waals surface area (Å²) in [4.78, 5) is 33.6. The Balaban J connectivity index is 2.75. The molecule has 3 nitrogen and oxygen atoms in total. The molecule has 0 amide bonds. The van der Waals surface area contributed by atoms with E-state index in [0.717, 1.165) is 4.88 Å². The summed E-state index contributed by atoms with van der Waals surface area (Å²) in [5.41, 5.74) is 1.64. The fraction of sp³-hybridized carbons (Fsp3) is 0. The Labute approximate surface area is 102 Å². The smallest absolute Gasteiger partial charge is 0.150 e. The lowest BCUT2D eigenvalue weighted by Crippen LogP contribution is -1.96. The van der Waals surface area contributed by atoms with Gasteiger partial charge in [-0.1, -0.05) is 6.07 Å². The molecule has 0 bridgehead atoms. The lowest BCUT2D eigenvalue weighted by atomic mass is 9.98. The molecule has 0 aliphatic carbocycles. The maximum Gasteiger partial charge on any atom is 0.150 e. The molecule has 0 saturated carbocycles. The van der Waals surface area contributed by atoms with Gasteiger partial charge in [-0.2, -0.15) is 0 Å². The van der Waals surface area contributed by atoms with Crippen molar-refractivity contribution < 1.29 is 14.4 Å². The molecular formula is C13H8O3S. The van der Waals surface area contributed by atoms with Gasteiger partial charge in [-0.25, -0.2) is 0 Å². The second-order valence-electron chi connectivity index (χ2n) is 3.41. The number of carbonyl (C=O) groups is 3. The van der Waals surface area contributed by atoms with Crippen molar-refractivity contribution in [3.05, 3.63) is 46.3 Å². The summed E-state index contributed by atoms with van der Waals surface area (Å²) < 4.78 is 0. The summed E-state index contributed by atoms with van der Waals surface area (Å²) in [5.74, 6) is 0. The number of thiophene rings is 1. The van der Waals surface area contributed by atoms with Crippen molar-refractivity contribution >= 4 is 30.2 Å². The molecule has 1 aromatic carbocycles. The van der Waals surface area contributed by atoms with Crippen molar-refractivity contribution in [3.8, 4) is 10.4 Å². The van der Waals surface area contributed by atoms with E-state index in [-0.39, 0.29) is 0 Å². The molecule has 0 aliphatic rings. The molecule has 2 aromatic rings. The molecule has 0 atom stereocenters. The topological polar surface area (TPSA) is 51.2 Å². The fourth-order valence-corrected chi connectivity index (χ4v) is 2.49. The van der Waals surface area contributed by atoms with Gasteiger partial charge in [0.05, 0.1) is 0 Å². The van der Waals surface area contributed by atoms with Gasteiger partial charge < -0.3 is 0 Å². The molecule has 17 heavy (non-hydrogen) atoms. The van der Waals surface area contributed by atoms with Crippen LogP contribution in [0.4, 0.5) is 0 Å². The third-order valence-electron chi connectivity index (χ3n) is 2.38. The molecule has 0 aliphatic heterocycles. The Hall–Kier alpha value is -2.07. The van der Waals surface area contributed by atoms with Crippen molar-refractivity contribution in [2.75, 3.05) is 0 Å². The molecule has 4 heteroatoms. The van der Waals surface area contributed by atoms with Crippen LogP contribution in [0.2, 0.25) is 0 Å². The first-order valence-electron chi connectivity index (χ1n) is 4.87. The predicted octanol–water partition coefficient (Wildman–Crippen LogP) is 2.85. The summed E-state index contributed by atoms with van der Waals surface area (Å²) >= 11 is 1.44. The number of benzene rings is 1. The summed E-state index contributed by atoms with van der Waals surface area (Å²) in [6.45, 7) is 0. The van der Waals surface area contributed by atoms with E-state index in [2.05, 4.69) is 0 Å². The van der Waals surface area contributed by atoms with Crippen molar-refractivity contribution in [2.45, 2.75) is 0 Å². The first kappa shape index (κ1) is 11.4. The van der Waals surface area contributed by atoms with Gasteiger partial charge in [0.15, 0.2) is 12.6 Å². The standard InChI is InChI=1S/C13H8O3S/c14-6-9-4-10(7-15)13(11(5-9)8-16)12-2-1-3-17-12/h1-8H. The second kappa shape index (κ2) is 4.84. The minimum Gasteiger partial charge on any atom is -0.298 e. The van der Waals surface area contributed by atoms with Gasteiger partial charge in [0.2, 0.25) is 0 Å².